The Morgan fingerprint density at radius 2 is 1.72 bits per heavy atom. The van der Waals surface area contributed by atoms with Crippen LogP contribution in [-0.4, -0.2) is 31.2 Å². The summed E-state index contributed by atoms with van der Waals surface area (Å²) in [6, 6.07) is 10.1. The number of amides is 1. The monoisotopic (exact) mass is 418 g/mol. The van der Waals surface area contributed by atoms with Crippen LogP contribution in [0.1, 0.15) is 43.2 Å². The highest BCUT2D eigenvalue weighted by Gasteiger charge is 2.34. The molecule has 0 spiro atoms. The lowest BCUT2D eigenvalue weighted by molar-refractivity contribution is -0.116. The Bertz CT molecular complexity index is 968. The maximum Gasteiger partial charge on any atom is 0.243 e. The van der Waals surface area contributed by atoms with Gasteiger partial charge in [0.05, 0.1) is 11.4 Å². The molecule has 5 nitrogen and oxygen atoms in total. The Kier molecular flexibility index (Phi) is 6.70. The van der Waals surface area contributed by atoms with Gasteiger partial charge >= 0.3 is 0 Å². The van der Waals surface area contributed by atoms with E-state index in [4.69, 9.17) is 0 Å². The molecule has 2 aromatic rings. The summed E-state index contributed by atoms with van der Waals surface area (Å²) in [4.78, 5) is 12.8. The molecule has 1 fully saturated rings. The second-order valence-corrected chi connectivity index (χ2v) is 9.48. The number of nitrogens with zero attached hydrogens (tertiary/aromatic N) is 1. The number of aryl methyl sites for hydroxylation is 1. The average Bonchev–Trinajstić information content (AvgIpc) is 2.70. The number of rotatable bonds is 6. The van der Waals surface area contributed by atoms with Crippen molar-refractivity contribution in [2.45, 2.75) is 56.9 Å². The van der Waals surface area contributed by atoms with E-state index in [1.165, 1.54) is 16.4 Å². The van der Waals surface area contributed by atoms with E-state index >= 15 is 0 Å². The predicted octanol–water partition coefficient (Wildman–Crippen LogP) is 4.40. The van der Waals surface area contributed by atoms with Crippen LogP contribution in [0.2, 0.25) is 0 Å². The fraction of sp³-hybridized carbons (Fsp3) is 0.409. The zero-order chi connectivity index (χ0) is 21.0. The number of sulfonamides is 1. The van der Waals surface area contributed by atoms with Gasteiger partial charge in [0, 0.05) is 11.7 Å². The first-order valence-corrected chi connectivity index (χ1v) is 11.4. The smallest absolute Gasteiger partial charge is 0.243 e. The van der Waals surface area contributed by atoms with Crippen molar-refractivity contribution in [1.29, 1.82) is 0 Å². The van der Waals surface area contributed by atoms with Gasteiger partial charge in [-0.05, 0) is 68.1 Å². The molecule has 1 N–H and O–H groups in total. The molecule has 3 rings (SSSR count). The third-order valence-corrected chi connectivity index (χ3v) is 7.49. The van der Waals surface area contributed by atoms with Crippen molar-refractivity contribution in [2.75, 3.05) is 11.9 Å². The summed E-state index contributed by atoms with van der Waals surface area (Å²) in [5.74, 6) is -0.879. The number of anilines is 1. The fourth-order valence-corrected chi connectivity index (χ4v) is 5.38. The molecule has 0 atom stereocenters. The highest BCUT2D eigenvalue weighted by atomic mass is 32.2. The van der Waals surface area contributed by atoms with Gasteiger partial charge in [-0.25, -0.2) is 12.8 Å². The van der Waals surface area contributed by atoms with Gasteiger partial charge in [-0.3, -0.25) is 4.79 Å². The van der Waals surface area contributed by atoms with E-state index in [1.807, 2.05) is 26.0 Å². The number of carbonyl (C=O) groups excluding carboxylic acids is 1. The molecule has 0 unspecified atom stereocenters. The molecule has 1 amide bonds. The molecule has 0 heterocycles. The Morgan fingerprint density at radius 3 is 2.38 bits per heavy atom. The molecule has 1 aliphatic carbocycles. The predicted molar refractivity (Wildman–Crippen MR) is 112 cm³/mol. The van der Waals surface area contributed by atoms with E-state index in [-0.39, 0.29) is 23.4 Å². The average molecular weight is 419 g/mol. The molecular weight excluding hydrogens is 391 g/mol. The molecule has 0 bridgehead atoms. The summed E-state index contributed by atoms with van der Waals surface area (Å²) in [5.41, 5.74) is 2.68. The minimum Gasteiger partial charge on any atom is -0.325 e. The van der Waals surface area contributed by atoms with Gasteiger partial charge in [-0.15, -0.1) is 0 Å². The van der Waals surface area contributed by atoms with Gasteiger partial charge in [-0.1, -0.05) is 31.4 Å². The summed E-state index contributed by atoms with van der Waals surface area (Å²) in [5, 5.41) is 2.85. The highest BCUT2D eigenvalue weighted by molar-refractivity contribution is 7.89. The Labute approximate surface area is 172 Å². The van der Waals surface area contributed by atoms with Crippen LogP contribution in [0.25, 0.3) is 0 Å². The zero-order valence-corrected chi connectivity index (χ0v) is 17.6. The number of hydrogen-bond acceptors (Lipinski definition) is 3. The van der Waals surface area contributed by atoms with Crippen LogP contribution in [0.15, 0.2) is 47.4 Å². The van der Waals surface area contributed by atoms with Gasteiger partial charge in [-0.2, -0.15) is 4.31 Å². The number of hydrogen-bond donors (Lipinski definition) is 1. The number of benzene rings is 2. The summed E-state index contributed by atoms with van der Waals surface area (Å²) in [6.45, 7) is 3.61. The zero-order valence-electron chi connectivity index (χ0n) is 16.8. The van der Waals surface area contributed by atoms with Crippen molar-refractivity contribution >= 4 is 21.6 Å². The Hall–Kier alpha value is -2.25. The summed E-state index contributed by atoms with van der Waals surface area (Å²) in [7, 11) is -3.92. The van der Waals surface area contributed by atoms with Crippen LogP contribution >= 0.6 is 0 Å². The second kappa shape index (κ2) is 9.05. The first-order valence-electron chi connectivity index (χ1n) is 9.92. The van der Waals surface area contributed by atoms with Gasteiger partial charge in [0.1, 0.15) is 5.82 Å². The van der Waals surface area contributed by atoms with Gasteiger partial charge in [0.2, 0.25) is 15.9 Å². The first kappa shape index (κ1) is 21.5. The summed E-state index contributed by atoms with van der Waals surface area (Å²) >= 11 is 0. The quantitative estimate of drug-likeness (QED) is 0.756. The van der Waals surface area contributed by atoms with Gasteiger partial charge in [0.15, 0.2) is 0 Å². The third kappa shape index (κ3) is 5.03. The largest absolute Gasteiger partial charge is 0.325 e. The molecule has 0 aromatic heterocycles. The number of nitrogens with one attached hydrogen (secondary N) is 1. The second-order valence-electron chi connectivity index (χ2n) is 7.59. The molecular formula is C22H27FN2O3S. The molecule has 1 aliphatic rings. The molecule has 0 radical (unpaired) electrons. The standard InChI is InChI=1S/C22H27FN2O3S/c1-16-7-6-10-21(17(16)2)24-22(26)15-25(19-8-4-3-5-9-19)29(27,28)20-13-11-18(23)12-14-20/h6-7,10-14,19H,3-5,8-9,15H2,1-2H3,(H,24,26). The van der Waals surface area contributed by atoms with E-state index in [0.29, 0.717) is 5.69 Å². The third-order valence-electron chi connectivity index (χ3n) is 5.58. The fourth-order valence-electron chi connectivity index (χ4n) is 3.74. The van der Waals surface area contributed by atoms with E-state index in [9.17, 15) is 17.6 Å². The van der Waals surface area contributed by atoms with Crippen LogP contribution in [0.4, 0.5) is 10.1 Å². The van der Waals surface area contributed by atoms with Crippen molar-refractivity contribution in [3.8, 4) is 0 Å². The van der Waals surface area contributed by atoms with Crippen LogP contribution < -0.4 is 5.32 Å². The number of halogens is 1. The van der Waals surface area contributed by atoms with E-state index in [2.05, 4.69) is 5.32 Å². The van der Waals surface area contributed by atoms with E-state index < -0.39 is 15.8 Å². The van der Waals surface area contributed by atoms with Crippen molar-refractivity contribution < 1.29 is 17.6 Å². The van der Waals surface area contributed by atoms with Crippen molar-refractivity contribution in [3.63, 3.8) is 0 Å². The summed E-state index contributed by atoms with van der Waals surface area (Å²) in [6.07, 6.45) is 4.36. The SMILES string of the molecule is Cc1cccc(NC(=O)CN(C2CCCCC2)S(=O)(=O)c2ccc(F)cc2)c1C. The van der Waals surface area contributed by atoms with Crippen molar-refractivity contribution in [3.05, 3.63) is 59.4 Å². The minimum absolute atomic E-state index is 0.00371. The van der Waals surface area contributed by atoms with Crippen LogP contribution in [0.5, 0.6) is 0 Å². The maximum absolute atomic E-state index is 13.3. The normalized spacial score (nSPS) is 15.4. The van der Waals surface area contributed by atoms with Gasteiger partial charge < -0.3 is 5.32 Å². The summed E-state index contributed by atoms with van der Waals surface area (Å²) < 4.78 is 41.1. The van der Waals surface area contributed by atoms with Crippen molar-refractivity contribution in [1.82, 2.24) is 4.31 Å². The van der Waals surface area contributed by atoms with Gasteiger partial charge in [0.25, 0.3) is 0 Å². The molecule has 0 aliphatic heterocycles. The van der Waals surface area contributed by atoms with Crippen LogP contribution in [-0.2, 0) is 14.8 Å². The van der Waals surface area contributed by atoms with Crippen LogP contribution in [0, 0.1) is 19.7 Å². The lowest BCUT2D eigenvalue weighted by Gasteiger charge is -2.33. The Morgan fingerprint density at radius 1 is 1.07 bits per heavy atom. The molecule has 29 heavy (non-hydrogen) atoms. The van der Waals surface area contributed by atoms with E-state index in [0.717, 1.165) is 55.4 Å². The minimum atomic E-state index is -3.92. The lowest BCUT2D eigenvalue weighted by Crippen LogP contribution is -2.45. The molecule has 156 valence electrons. The lowest BCUT2D eigenvalue weighted by atomic mass is 9.95. The Balaban J connectivity index is 1.86. The van der Waals surface area contributed by atoms with Crippen LogP contribution in [0.3, 0.4) is 0 Å². The van der Waals surface area contributed by atoms with Crippen molar-refractivity contribution in [2.24, 2.45) is 0 Å². The first-order chi connectivity index (χ1) is 13.8. The molecule has 1 saturated carbocycles. The molecule has 0 saturated heterocycles. The van der Waals surface area contributed by atoms with E-state index in [1.54, 1.807) is 6.07 Å². The topological polar surface area (TPSA) is 66.5 Å². The molecule has 2 aromatic carbocycles. The molecule has 7 heteroatoms. The maximum atomic E-state index is 13.3. The highest BCUT2D eigenvalue weighted by Crippen LogP contribution is 2.28. The number of carbonyl (C=O) groups is 1.